The van der Waals surface area contributed by atoms with E-state index >= 15 is 0 Å². The molecule has 0 aromatic carbocycles. The van der Waals surface area contributed by atoms with E-state index in [0.717, 1.165) is 45.6 Å². The fraction of sp³-hybridized carbons (Fsp3) is 0.688. The Kier molecular flexibility index (Phi) is 5.95. The molecule has 4 nitrogen and oxygen atoms in total. The SMILES string of the molecule is CCC1CN(CCc2ccncc2)CCN1CC(C)O. The van der Waals surface area contributed by atoms with Crippen molar-refractivity contribution in [3.05, 3.63) is 30.1 Å². The Hall–Kier alpha value is -0.970. The first-order valence-electron chi connectivity index (χ1n) is 7.72. The highest BCUT2D eigenvalue weighted by Gasteiger charge is 2.25. The van der Waals surface area contributed by atoms with Gasteiger partial charge in [-0.3, -0.25) is 9.88 Å². The highest BCUT2D eigenvalue weighted by atomic mass is 16.3. The van der Waals surface area contributed by atoms with Crippen LogP contribution in [0.2, 0.25) is 0 Å². The normalized spacial score (nSPS) is 22.9. The zero-order chi connectivity index (χ0) is 14.4. The van der Waals surface area contributed by atoms with Crippen molar-refractivity contribution in [3.63, 3.8) is 0 Å². The van der Waals surface area contributed by atoms with Crippen molar-refractivity contribution in [3.8, 4) is 0 Å². The zero-order valence-corrected chi connectivity index (χ0v) is 12.7. The molecule has 112 valence electrons. The third-order valence-corrected chi connectivity index (χ3v) is 4.12. The van der Waals surface area contributed by atoms with Crippen LogP contribution in [0, 0.1) is 0 Å². The van der Waals surface area contributed by atoms with Crippen LogP contribution in [0.25, 0.3) is 0 Å². The van der Waals surface area contributed by atoms with Crippen molar-refractivity contribution >= 4 is 0 Å². The molecular weight excluding hydrogens is 250 g/mol. The lowest BCUT2D eigenvalue weighted by Crippen LogP contribution is -2.54. The van der Waals surface area contributed by atoms with E-state index in [0.29, 0.717) is 6.04 Å². The van der Waals surface area contributed by atoms with Gasteiger partial charge < -0.3 is 10.0 Å². The molecule has 1 fully saturated rings. The van der Waals surface area contributed by atoms with E-state index in [-0.39, 0.29) is 6.10 Å². The van der Waals surface area contributed by atoms with Crippen LogP contribution in [0.3, 0.4) is 0 Å². The van der Waals surface area contributed by atoms with Gasteiger partial charge in [-0.15, -0.1) is 0 Å². The minimum atomic E-state index is -0.229. The van der Waals surface area contributed by atoms with E-state index in [4.69, 9.17) is 0 Å². The van der Waals surface area contributed by atoms with Gasteiger partial charge in [0, 0.05) is 51.2 Å². The van der Waals surface area contributed by atoms with Gasteiger partial charge in [0.25, 0.3) is 0 Å². The largest absolute Gasteiger partial charge is 0.392 e. The van der Waals surface area contributed by atoms with Gasteiger partial charge in [0.2, 0.25) is 0 Å². The molecule has 2 unspecified atom stereocenters. The molecule has 1 aromatic rings. The predicted octanol–water partition coefficient (Wildman–Crippen LogP) is 1.40. The molecule has 0 bridgehead atoms. The van der Waals surface area contributed by atoms with Crippen LogP contribution < -0.4 is 0 Å². The second kappa shape index (κ2) is 7.72. The van der Waals surface area contributed by atoms with Crippen molar-refractivity contribution < 1.29 is 5.11 Å². The fourth-order valence-corrected chi connectivity index (χ4v) is 2.96. The van der Waals surface area contributed by atoms with Crippen LogP contribution in [0.5, 0.6) is 0 Å². The molecule has 2 rings (SSSR count). The van der Waals surface area contributed by atoms with Crippen molar-refractivity contribution in [1.82, 2.24) is 14.8 Å². The molecule has 0 saturated carbocycles. The summed E-state index contributed by atoms with van der Waals surface area (Å²) in [6, 6.07) is 4.78. The summed E-state index contributed by atoms with van der Waals surface area (Å²) >= 11 is 0. The fourth-order valence-electron chi connectivity index (χ4n) is 2.96. The number of pyridine rings is 1. The first kappa shape index (κ1) is 15.4. The molecule has 2 atom stereocenters. The van der Waals surface area contributed by atoms with Gasteiger partial charge in [-0.1, -0.05) is 6.92 Å². The summed E-state index contributed by atoms with van der Waals surface area (Å²) in [6.07, 6.45) is 5.75. The molecule has 1 saturated heterocycles. The highest BCUT2D eigenvalue weighted by molar-refractivity contribution is 5.10. The standard InChI is InChI=1S/C16H27N3O/c1-3-16-13-18(10-11-19(16)12-14(2)20)9-6-15-4-7-17-8-5-15/h4-5,7-8,14,16,20H,3,6,9-13H2,1-2H3. The van der Waals surface area contributed by atoms with Gasteiger partial charge in [0.15, 0.2) is 0 Å². The lowest BCUT2D eigenvalue weighted by atomic mass is 10.1. The van der Waals surface area contributed by atoms with Crippen molar-refractivity contribution in [2.75, 3.05) is 32.7 Å². The summed E-state index contributed by atoms with van der Waals surface area (Å²) < 4.78 is 0. The van der Waals surface area contributed by atoms with E-state index in [1.54, 1.807) is 0 Å². The molecular formula is C16H27N3O. The first-order chi connectivity index (χ1) is 9.69. The monoisotopic (exact) mass is 277 g/mol. The highest BCUT2D eigenvalue weighted by Crippen LogP contribution is 2.14. The van der Waals surface area contributed by atoms with E-state index in [1.165, 1.54) is 5.56 Å². The Bertz CT molecular complexity index is 383. The van der Waals surface area contributed by atoms with Crippen LogP contribution in [-0.2, 0) is 6.42 Å². The van der Waals surface area contributed by atoms with Crippen LogP contribution in [-0.4, -0.2) is 64.8 Å². The molecule has 1 aliphatic rings. The molecule has 1 N–H and O–H groups in total. The summed E-state index contributed by atoms with van der Waals surface area (Å²) in [5.74, 6) is 0. The van der Waals surface area contributed by atoms with Crippen molar-refractivity contribution in [2.24, 2.45) is 0 Å². The number of aromatic nitrogens is 1. The summed E-state index contributed by atoms with van der Waals surface area (Å²) in [7, 11) is 0. The minimum Gasteiger partial charge on any atom is -0.392 e. The second-order valence-electron chi connectivity index (χ2n) is 5.81. The molecule has 1 aromatic heterocycles. The maximum absolute atomic E-state index is 9.57. The summed E-state index contributed by atoms with van der Waals surface area (Å²) in [5, 5.41) is 9.57. The molecule has 0 aliphatic carbocycles. The summed E-state index contributed by atoms with van der Waals surface area (Å²) in [5.41, 5.74) is 1.36. The molecule has 2 heterocycles. The van der Waals surface area contributed by atoms with E-state index in [2.05, 4.69) is 33.8 Å². The average molecular weight is 277 g/mol. The van der Waals surface area contributed by atoms with Crippen LogP contribution >= 0.6 is 0 Å². The minimum absolute atomic E-state index is 0.229. The van der Waals surface area contributed by atoms with Crippen LogP contribution in [0.15, 0.2) is 24.5 Å². The smallest absolute Gasteiger partial charge is 0.0639 e. The van der Waals surface area contributed by atoms with E-state index in [1.807, 2.05) is 19.3 Å². The molecule has 1 aliphatic heterocycles. The number of β-amino-alcohol motifs (C(OH)–C–C–N with tert-alkyl or cyclic N) is 1. The average Bonchev–Trinajstić information content (AvgIpc) is 2.46. The number of hydrogen-bond donors (Lipinski definition) is 1. The molecule has 4 heteroatoms. The molecule has 20 heavy (non-hydrogen) atoms. The quantitative estimate of drug-likeness (QED) is 0.853. The van der Waals surface area contributed by atoms with E-state index < -0.39 is 0 Å². The van der Waals surface area contributed by atoms with Gasteiger partial charge in [-0.25, -0.2) is 0 Å². The third-order valence-electron chi connectivity index (χ3n) is 4.12. The van der Waals surface area contributed by atoms with Gasteiger partial charge in [-0.05, 0) is 37.5 Å². The number of hydrogen-bond acceptors (Lipinski definition) is 4. The van der Waals surface area contributed by atoms with Gasteiger partial charge in [0.1, 0.15) is 0 Å². The molecule has 0 radical (unpaired) electrons. The third kappa shape index (κ3) is 4.54. The lowest BCUT2D eigenvalue weighted by molar-refractivity contribution is 0.0371. The van der Waals surface area contributed by atoms with Gasteiger partial charge in [0.05, 0.1) is 6.10 Å². The summed E-state index contributed by atoms with van der Waals surface area (Å²) in [4.78, 5) is 9.05. The Morgan fingerprint density at radius 1 is 1.35 bits per heavy atom. The van der Waals surface area contributed by atoms with Crippen molar-refractivity contribution in [2.45, 2.75) is 38.8 Å². The number of rotatable bonds is 6. The van der Waals surface area contributed by atoms with Crippen LogP contribution in [0.4, 0.5) is 0 Å². The number of nitrogens with zero attached hydrogens (tertiary/aromatic N) is 3. The molecule has 0 amide bonds. The van der Waals surface area contributed by atoms with E-state index in [9.17, 15) is 5.11 Å². The van der Waals surface area contributed by atoms with Crippen molar-refractivity contribution in [1.29, 1.82) is 0 Å². The Balaban J connectivity index is 1.81. The Morgan fingerprint density at radius 2 is 2.10 bits per heavy atom. The lowest BCUT2D eigenvalue weighted by Gasteiger charge is -2.41. The zero-order valence-electron chi connectivity index (χ0n) is 12.7. The number of aliphatic hydroxyl groups excluding tert-OH is 1. The predicted molar refractivity (Wildman–Crippen MR) is 81.7 cm³/mol. The van der Waals surface area contributed by atoms with Crippen LogP contribution in [0.1, 0.15) is 25.8 Å². The molecule has 0 spiro atoms. The topological polar surface area (TPSA) is 39.6 Å². The summed E-state index contributed by atoms with van der Waals surface area (Å²) in [6.45, 7) is 9.33. The maximum Gasteiger partial charge on any atom is 0.0639 e. The number of aliphatic hydroxyl groups is 1. The Labute approximate surface area is 122 Å². The second-order valence-corrected chi connectivity index (χ2v) is 5.81. The maximum atomic E-state index is 9.57. The first-order valence-corrected chi connectivity index (χ1v) is 7.72. The van der Waals surface area contributed by atoms with Gasteiger partial charge >= 0.3 is 0 Å². The number of piperazine rings is 1. The van der Waals surface area contributed by atoms with Gasteiger partial charge in [-0.2, -0.15) is 0 Å². The Morgan fingerprint density at radius 3 is 2.75 bits per heavy atom.